The second-order valence-electron chi connectivity index (χ2n) is 11.4. The van der Waals surface area contributed by atoms with E-state index >= 15 is 0 Å². The summed E-state index contributed by atoms with van der Waals surface area (Å²) in [4.78, 5) is 37.4. The van der Waals surface area contributed by atoms with Crippen LogP contribution in [0.1, 0.15) is 0 Å². The van der Waals surface area contributed by atoms with Gasteiger partial charge >= 0.3 is 11.6 Å². The van der Waals surface area contributed by atoms with Crippen LogP contribution in [0.5, 0.6) is 11.5 Å². The molecular weight excluding hydrogens is 762 g/mol. The molecule has 3 aliphatic rings. The Hall–Kier alpha value is -4.15. The molecule has 0 aromatic carbocycles. The number of ether oxygens (including phenoxy) is 5. The highest BCUT2D eigenvalue weighted by molar-refractivity contribution is 9.10. The number of nitrogens with two attached hydrogens (primary N) is 1. The number of nitrogen functional groups attached to an aromatic ring is 1. The van der Waals surface area contributed by atoms with Crippen LogP contribution in [-0.2, 0) is 14.2 Å². The molecule has 0 bridgehead atoms. The number of rotatable bonds is 12. The zero-order valence-electron chi connectivity index (χ0n) is 29.6. The molecule has 0 radical (unpaired) electrons. The number of aliphatic hydroxyl groups excluding tert-OH is 1. The van der Waals surface area contributed by atoms with E-state index in [1.54, 1.807) is 24.4 Å². The van der Waals surface area contributed by atoms with Crippen LogP contribution in [0.15, 0.2) is 59.5 Å². The first-order valence-corrected chi connectivity index (χ1v) is 17.9. The first-order valence-electron chi connectivity index (χ1n) is 17.1. The number of anilines is 1. The molecular formula is C33H48BrN9O10. The molecule has 20 heteroatoms. The number of halogens is 1. The van der Waals surface area contributed by atoms with Crippen LogP contribution in [0.4, 0.5) is 17.5 Å². The van der Waals surface area contributed by atoms with Gasteiger partial charge in [0.1, 0.15) is 24.8 Å². The molecule has 6 rings (SSSR count). The summed E-state index contributed by atoms with van der Waals surface area (Å²) in [7, 11) is 0. The molecule has 19 nitrogen and oxygen atoms in total. The molecule has 0 unspecified atom stereocenters. The summed E-state index contributed by atoms with van der Waals surface area (Å²) < 4.78 is 27.4. The summed E-state index contributed by atoms with van der Waals surface area (Å²) in [6.07, 6.45) is 4.41. The van der Waals surface area contributed by atoms with Crippen molar-refractivity contribution in [3.63, 3.8) is 0 Å². The molecule has 53 heavy (non-hydrogen) atoms. The van der Waals surface area contributed by atoms with Crippen LogP contribution in [-0.4, -0.2) is 163 Å². The van der Waals surface area contributed by atoms with Crippen LogP contribution < -0.4 is 15.2 Å². The van der Waals surface area contributed by atoms with Gasteiger partial charge in [0.2, 0.25) is 0 Å². The molecule has 3 N–H and O–H groups in total. The second-order valence-corrected chi connectivity index (χ2v) is 12.3. The summed E-state index contributed by atoms with van der Waals surface area (Å²) in [5.41, 5.74) is 5.48. The smallest absolute Gasteiger partial charge is 0.363 e. The van der Waals surface area contributed by atoms with E-state index in [9.17, 15) is 20.2 Å². The summed E-state index contributed by atoms with van der Waals surface area (Å²) in [6, 6.07) is 9.38. The Morgan fingerprint density at radius 3 is 1.43 bits per heavy atom. The minimum absolute atomic E-state index is 0.136. The van der Waals surface area contributed by atoms with Crippen molar-refractivity contribution in [1.29, 1.82) is 0 Å². The maximum atomic E-state index is 10.4. The molecule has 3 fully saturated rings. The van der Waals surface area contributed by atoms with Gasteiger partial charge in [0.05, 0.1) is 56.9 Å². The number of nitro groups is 2. The molecule has 0 atom stereocenters. The largest absolute Gasteiger partial charge is 0.491 e. The van der Waals surface area contributed by atoms with Crippen molar-refractivity contribution in [2.24, 2.45) is 0 Å². The third-order valence-electron chi connectivity index (χ3n) is 7.65. The number of nitrogens with zero attached hydrogens (tertiary/aromatic N) is 8. The van der Waals surface area contributed by atoms with Gasteiger partial charge in [-0.3, -0.25) is 14.7 Å². The van der Waals surface area contributed by atoms with E-state index in [-0.39, 0.29) is 18.2 Å². The fourth-order valence-electron chi connectivity index (χ4n) is 4.72. The number of morpholine rings is 3. The summed E-state index contributed by atoms with van der Waals surface area (Å²) in [5, 5.41) is 29.0. The zero-order valence-corrected chi connectivity index (χ0v) is 31.2. The average Bonchev–Trinajstić information content (AvgIpc) is 3.18. The first kappa shape index (κ1) is 43.3. The van der Waals surface area contributed by atoms with Crippen molar-refractivity contribution in [2.75, 3.05) is 124 Å². The lowest BCUT2D eigenvalue weighted by Gasteiger charge is -2.26. The van der Waals surface area contributed by atoms with E-state index in [0.717, 1.165) is 109 Å². The molecule has 3 saturated heterocycles. The second kappa shape index (κ2) is 25.8. The van der Waals surface area contributed by atoms with Gasteiger partial charge in [0, 0.05) is 71.0 Å². The predicted molar refractivity (Wildman–Crippen MR) is 198 cm³/mol. The fourth-order valence-corrected chi connectivity index (χ4v) is 4.95. The Bertz CT molecular complexity index is 1430. The van der Waals surface area contributed by atoms with Gasteiger partial charge < -0.3 is 54.8 Å². The van der Waals surface area contributed by atoms with Crippen molar-refractivity contribution in [1.82, 2.24) is 29.7 Å². The van der Waals surface area contributed by atoms with Gasteiger partial charge in [0.25, 0.3) is 0 Å². The van der Waals surface area contributed by atoms with Gasteiger partial charge in [-0.1, -0.05) is 0 Å². The molecule has 0 saturated carbocycles. The van der Waals surface area contributed by atoms with Crippen LogP contribution in [0.3, 0.4) is 0 Å². The van der Waals surface area contributed by atoms with Crippen molar-refractivity contribution in [3.05, 3.63) is 79.7 Å². The Morgan fingerprint density at radius 1 is 0.660 bits per heavy atom. The predicted octanol–water partition coefficient (Wildman–Crippen LogP) is 2.14. The minimum atomic E-state index is -0.535. The molecule has 0 spiro atoms. The molecule has 0 aliphatic carbocycles. The highest BCUT2D eigenvalue weighted by atomic mass is 79.9. The van der Waals surface area contributed by atoms with E-state index in [0.29, 0.717) is 24.8 Å². The highest BCUT2D eigenvalue weighted by Crippen LogP contribution is 2.14. The number of hydrogen-bond donors (Lipinski definition) is 2. The number of hydrogen-bond acceptors (Lipinski definition) is 17. The van der Waals surface area contributed by atoms with Crippen LogP contribution in [0.25, 0.3) is 0 Å². The molecule has 3 aliphatic heterocycles. The Balaban J connectivity index is 0.000000198. The van der Waals surface area contributed by atoms with Gasteiger partial charge in [-0.2, -0.15) is 0 Å². The van der Waals surface area contributed by atoms with Gasteiger partial charge in [-0.25, -0.2) is 4.98 Å². The van der Waals surface area contributed by atoms with E-state index in [2.05, 4.69) is 45.6 Å². The van der Waals surface area contributed by atoms with Crippen molar-refractivity contribution < 1.29 is 38.6 Å². The Kier molecular flexibility index (Phi) is 21.0. The number of pyridine rings is 3. The summed E-state index contributed by atoms with van der Waals surface area (Å²) in [6.45, 7) is 14.6. The Labute approximate surface area is 316 Å². The van der Waals surface area contributed by atoms with Gasteiger partial charge in [0.15, 0.2) is 18.1 Å². The number of aliphatic hydroxyl groups is 1. The van der Waals surface area contributed by atoms with E-state index in [4.69, 9.17) is 34.5 Å². The highest BCUT2D eigenvalue weighted by Gasteiger charge is 2.12. The molecule has 292 valence electrons. The fraction of sp³-hybridized carbons (Fsp3) is 0.545. The Morgan fingerprint density at radius 2 is 1.08 bits per heavy atom. The SMILES string of the molecule is Nc1ccc(OCCN2CCOCC2)cn1.O=[N+]([O-])c1ccc(Br)cn1.O=[N+]([O-])c1ccc(OCCN2CCOCC2)cn1.OCCN1CCOCC1. The quantitative estimate of drug-likeness (QED) is 0.197. The van der Waals surface area contributed by atoms with Crippen LogP contribution in [0, 0.1) is 20.2 Å². The minimum Gasteiger partial charge on any atom is -0.491 e. The molecule has 3 aromatic heterocycles. The lowest BCUT2D eigenvalue weighted by atomic mass is 10.4. The summed E-state index contributed by atoms with van der Waals surface area (Å²) >= 11 is 3.11. The number of aromatic nitrogens is 3. The van der Waals surface area contributed by atoms with Crippen LogP contribution in [0.2, 0.25) is 0 Å². The first-order chi connectivity index (χ1) is 25.7. The molecule has 0 amide bonds. The maximum Gasteiger partial charge on any atom is 0.363 e. The van der Waals surface area contributed by atoms with E-state index < -0.39 is 9.85 Å². The normalized spacial score (nSPS) is 16.3. The zero-order chi connectivity index (χ0) is 38.1. The van der Waals surface area contributed by atoms with Crippen molar-refractivity contribution in [3.8, 4) is 11.5 Å². The topological polar surface area (TPSA) is 227 Å². The van der Waals surface area contributed by atoms with Gasteiger partial charge in [-0.05, 0) is 60.0 Å². The van der Waals surface area contributed by atoms with E-state index in [1.807, 2.05) is 6.07 Å². The maximum absolute atomic E-state index is 10.4. The average molecular weight is 811 g/mol. The third kappa shape index (κ3) is 19.0. The molecule has 3 aromatic rings. The van der Waals surface area contributed by atoms with Gasteiger partial charge in [-0.15, -0.1) is 0 Å². The molecule has 6 heterocycles. The summed E-state index contributed by atoms with van der Waals surface area (Å²) in [5.74, 6) is 1.52. The van der Waals surface area contributed by atoms with E-state index in [1.165, 1.54) is 24.5 Å². The lowest BCUT2D eigenvalue weighted by molar-refractivity contribution is -0.389. The standard InChI is InChI=1S/C11H15N3O4.C11H17N3O2.C6H13NO2.C5H3BrN2O2/c15-14(16)11-2-1-10(9-12-11)18-8-5-13-3-6-17-7-4-13;12-11-2-1-10(9-13-11)16-8-5-14-3-6-15-7-4-14;8-4-1-7-2-5-9-6-3-7;6-4-1-2-5(7-3-4)8(9)10/h1-2,9H,3-8H2;1-2,9H,3-8H2,(H2,12,13);8H,1-6H2;1-3H. The number of β-amino-alcohol motifs (C(OH)–C–C–N with tert-alkyl or cyclic N) is 1. The monoisotopic (exact) mass is 809 g/mol. The van der Waals surface area contributed by atoms with Crippen LogP contribution >= 0.6 is 15.9 Å². The van der Waals surface area contributed by atoms with Crippen molar-refractivity contribution in [2.45, 2.75) is 0 Å². The lowest BCUT2D eigenvalue weighted by Crippen LogP contribution is -2.38. The third-order valence-corrected chi connectivity index (χ3v) is 8.11. The van der Waals surface area contributed by atoms with Crippen molar-refractivity contribution >= 4 is 33.4 Å².